The maximum atomic E-state index is 13.5. The number of guanidine groups is 1. The van der Waals surface area contributed by atoms with E-state index in [9.17, 15) is 4.79 Å². The highest BCUT2D eigenvalue weighted by molar-refractivity contribution is 6.31. The van der Waals surface area contributed by atoms with Crippen LogP contribution >= 0.6 is 11.6 Å². The average Bonchev–Trinajstić information content (AvgIpc) is 2.91. The van der Waals surface area contributed by atoms with E-state index in [1.165, 1.54) is 16.3 Å². The fourth-order valence-electron chi connectivity index (χ4n) is 5.23. The van der Waals surface area contributed by atoms with Crippen LogP contribution in [-0.2, 0) is 17.6 Å². The minimum Gasteiger partial charge on any atom is -0.370 e. The molecule has 3 aromatic rings. The first-order chi connectivity index (χ1) is 18.3. The fourth-order valence-corrected chi connectivity index (χ4v) is 5.54. The number of carbonyl (C=O) groups excluding carboxylic acids is 1. The first-order valence-electron chi connectivity index (χ1n) is 13.4. The number of aliphatic imine (C=N–C) groups is 1. The largest absolute Gasteiger partial charge is 0.370 e. The Hall–Kier alpha value is -3.13. The third-order valence-corrected chi connectivity index (χ3v) is 7.69. The topological polar surface area (TPSA) is 114 Å². The zero-order chi connectivity index (χ0) is 27.1. The third-order valence-electron chi connectivity index (χ3n) is 7.34. The van der Waals surface area contributed by atoms with Crippen LogP contribution in [0.2, 0.25) is 5.02 Å². The molecule has 0 spiro atoms. The number of rotatable bonds is 10. The number of hydrogen-bond donors (Lipinski definition) is 3. The van der Waals surface area contributed by atoms with Gasteiger partial charge in [0.15, 0.2) is 5.96 Å². The second kappa shape index (κ2) is 13.1. The summed E-state index contributed by atoms with van der Waals surface area (Å²) in [5, 5.41) is 3.17. The zero-order valence-corrected chi connectivity index (χ0v) is 22.9. The average molecular weight is 535 g/mol. The molecule has 0 aromatic heterocycles. The van der Waals surface area contributed by atoms with E-state index in [1.54, 1.807) is 0 Å². The number of carbonyl (C=O) groups is 1. The number of halogens is 1. The summed E-state index contributed by atoms with van der Waals surface area (Å²) >= 11 is 6.42. The number of piperazine rings is 1. The van der Waals surface area contributed by atoms with Gasteiger partial charge in [-0.1, -0.05) is 66.2 Å². The molecule has 0 saturated carbocycles. The molecule has 1 fully saturated rings. The predicted octanol–water partition coefficient (Wildman–Crippen LogP) is 3.48. The van der Waals surface area contributed by atoms with Crippen LogP contribution in [-0.4, -0.2) is 66.5 Å². The van der Waals surface area contributed by atoms with Crippen molar-refractivity contribution in [2.75, 3.05) is 32.7 Å². The summed E-state index contributed by atoms with van der Waals surface area (Å²) < 4.78 is 0. The van der Waals surface area contributed by atoms with Crippen LogP contribution in [0.3, 0.4) is 0 Å². The van der Waals surface area contributed by atoms with E-state index in [4.69, 9.17) is 28.8 Å². The molecule has 1 unspecified atom stereocenters. The lowest BCUT2D eigenvalue weighted by Gasteiger charge is -2.42. The molecule has 38 heavy (non-hydrogen) atoms. The number of amides is 1. The molecule has 0 radical (unpaired) electrons. The monoisotopic (exact) mass is 534 g/mol. The summed E-state index contributed by atoms with van der Waals surface area (Å²) in [6.07, 6.45) is 2.99. The van der Waals surface area contributed by atoms with Gasteiger partial charge in [-0.15, -0.1) is 0 Å². The molecule has 6 N–H and O–H groups in total. The van der Waals surface area contributed by atoms with Gasteiger partial charge in [0.2, 0.25) is 5.91 Å². The summed E-state index contributed by atoms with van der Waals surface area (Å²) in [6.45, 7) is 5.76. The van der Waals surface area contributed by atoms with Gasteiger partial charge in [-0.3, -0.25) is 14.7 Å². The van der Waals surface area contributed by atoms with Crippen molar-refractivity contribution in [1.29, 1.82) is 0 Å². The van der Waals surface area contributed by atoms with Crippen LogP contribution in [0.15, 0.2) is 65.7 Å². The van der Waals surface area contributed by atoms with Crippen LogP contribution < -0.4 is 17.2 Å². The number of benzene rings is 3. The maximum Gasteiger partial charge on any atom is 0.240 e. The van der Waals surface area contributed by atoms with E-state index in [1.807, 2.05) is 30.0 Å². The van der Waals surface area contributed by atoms with Crippen molar-refractivity contribution in [2.24, 2.45) is 22.2 Å². The zero-order valence-electron chi connectivity index (χ0n) is 22.2. The summed E-state index contributed by atoms with van der Waals surface area (Å²) in [5.74, 6) is 0.0678. The molecule has 1 aliphatic heterocycles. The number of fused-ring (bicyclic) bond motifs is 1. The fraction of sp³-hybridized carbons (Fsp3) is 0.400. The van der Waals surface area contributed by atoms with E-state index >= 15 is 0 Å². The maximum absolute atomic E-state index is 13.5. The molecular formula is C30H39ClN6O. The highest BCUT2D eigenvalue weighted by Crippen LogP contribution is 2.22. The third kappa shape index (κ3) is 7.47. The van der Waals surface area contributed by atoms with Crippen molar-refractivity contribution in [1.82, 2.24) is 9.80 Å². The van der Waals surface area contributed by atoms with E-state index in [2.05, 4.69) is 52.4 Å². The van der Waals surface area contributed by atoms with Gasteiger partial charge >= 0.3 is 0 Å². The van der Waals surface area contributed by atoms with Crippen LogP contribution in [0.25, 0.3) is 10.8 Å². The van der Waals surface area contributed by atoms with Gasteiger partial charge in [0, 0.05) is 43.8 Å². The summed E-state index contributed by atoms with van der Waals surface area (Å²) in [7, 11) is 0. The van der Waals surface area contributed by atoms with Crippen molar-refractivity contribution in [3.05, 3.63) is 82.4 Å². The molecule has 2 atom stereocenters. The van der Waals surface area contributed by atoms with Crippen LogP contribution in [0, 0.1) is 6.92 Å². The van der Waals surface area contributed by atoms with E-state index in [0.29, 0.717) is 24.5 Å². The lowest BCUT2D eigenvalue weighted by atomic mass is 10.00. The second-order valence-electron chi connectivity index (χ2n) is 10.3. The molecular weight excluding hydrogens is 496 g/mol. The number of nitrogens with two attached hydrogens (primary N) is 3. The normalized spacial score (nSPS) is 16.9. The Labute approximate surface area is 230 Å². The molecule has 0 aliphatic carbocycles. The standard InChI is InChI=1S/C30H39ClN6O/c1-21-8-10-25(27(31)17-21)19-28(32)29(38)37-16-15-36(20-26(37)7-4-13-35-30(33)34)14-12-22-9-11-23-5-2-3-6-24(23)18-22/h2-3,5-6,8-11,17-18,26,28H,4,7,12-16,19-20,32H2,1H3,(H4,33,34,35)/t26?,28-/m1/s1. The van der Waals surface area contributed by atoms with Gasteiger partial charge in [-0.05, 0) is 66.1 Å². The summed E-state index contributed by atoms with van der Waals surface area (Å²) in [4.78, 5) is 22.1. The molecule has 202 valence electrons. The van der Waals surface area contributed by atoms with Crippen molar-refractivity contribution >= 4 is 34.2 Å². The molecule has 7 nitrogen and oxygen atoms in total. The Morgan fingerprint density at radius 3 is 2.63 bits per heavy atom. The highest BCUT2D eigenvalue weighted by atomic mass is 35.5. The molecule has 8 heteroatoms. The SMILES string of the molecule is Cc1ccc(C[C@@H](N)C(=O)N2CCN(CCc3ccc4ccccc4c3)CC2CCCN=C(N)N)c(Cl)c1. The molecule has 1 amide bonds. The van der Waals surface area contributed by atoms with Gasteiger partial charge in [0.25, 0.3) is 0 Å². The number of hydrogen-bond acceptors (Lipinski definition) is 4. The smallest absolute Gasteiger partial charge is 0.240 e. The number of nitrogens with zero attached hydrogens (tertiary/aromatic N) is 3. The number of aryl methyl sites for hydroxylation is 1. The Balaban J connectivity index is 1.40. The van der Waals surface area contributed by atoms with Gasteiger partial charge in [0.05, 0.1) is 6.04 Å². The molecule has 4 rings (SSSR count). The molecule has 1 aliphatic rings. The molecule has 1 heterocycles. The Kier molecular flexibility index (Phi) is 9.61. The highest BCUT2D eigenvalue weighted by Gasteiger charge is 2.32. The predicted molar refractivity (Wildman–Crippen MR) is 157 cm³/mol. The van der Waals surface area contributed by atoms with Gasteiger partial charge in [0.1, 0.15) is 0 Å². The summed E-state index contributed by atoms with van der Waals surface area (Å²) in [5.41, 5.74) is 20.7. The Morgan fingerprint density at radius 1 is 1.08 bits per heavy atom. The lowest BCUT2D eigenvalue weighted by molar-refractivity contribution is -0.137. The minimum absolute atomic E-state index is 0.0253. The Morgan fingerprint density at radius 2 is 1.87 bits per heavy atom. The van der Waals surface area contributed by atoms with Crippen molar-refractivity contribution in [3.63, 3.8) is 0 Å². The van der Waals surface area contributed by atoms with Crippen molar-refractivity contribution in [3.8, 4) is 0 Å². The molecule has 0 bridgehead atoms. The minimum atomic E-state index is -0.639. The molecule has 3 aromatic carbocycles. The van der Waals surface area contributed by atoms with Crippen molar-refractivity contribution in [2.45, 2.75) is 44.7 Å². The quantitative estimate of drug-likeness (QED) is 0.209. The van der Waals surface area contributed by atoms with Gasteiger partial charge in [-0.2, -0.15) is 0 Å². The van der Waals surface area contributed by atoms with E-state index in [0.717, 1.165) is 50.0 Å². The van der Waals surface area contributed by atoms with Gasteiger partial charge in [-0.25, -0.2) is 0 Å². The van der Waals surface area contributed by atoms with Crippen molar-refractivity contribution < 1.29 is 4.79 Å². The van der Waals surface area contributed by atoms with Crippen LogP contribution in [0.4, 0.5) is 0 Å². The first-order valence-corrected chi connectivity index (χ1v) is 13.7. The van der Waals surface area contributed by atoms with Crippen LogP contribution in [0.1, 0.15) is 29.5 Å². The second-order valence-corrected chi connectivity index (χ2v) is 10.7. The first kappa shape index (κ1) is 27.9. The van der Waals surface area contributed by atoms with Crippen LogP contribution in [0.5, 0.6) is 0 Å². The molecule has 1 saturated heterocycles. The Bertz CT molecular complexity index is 1270. The van der Waals surface area contributed by atoms with E-state index in [-0.39, 0.29) is 17.9 Å². The van der Waals surface area contributed by atoms with E-state index < -0.39 is 6.04 Å². The lowest BCUT2D eigenvalue weighted by Crippen LogP contribution is -2.59. The van der Waals surface area contributed by atoms with Gasteiger partial charge < -0.3 is 22.1 Å². The summed E-state index contributed by atoms with van der Waals surface area (Å²) in [6, 6.07) is 20.4.